The van der Waals surface area contributed by atoms with Gasteiger partial charge in [-0.05, 0) is 38.5 Å². The van der Waals surface area contributed by atoms with Crippen LogP contribution in [0.5, 0.6) is 11.5 Å². The molecular weight excluding hydrogens is 396 g/mol. The lowest BCUT2D eigenvalue weighted by atomic mass is 9.85. The summed E-state index contributed by atoms with van der Waals surface area (Å²) in [6, 6.07) is 2.33. The minimum Gasteiger partial charge on any atom is -0.507 e. The average molecular weight is 429 g/mol. The molecule has 1 aliphatic carbocycles. The predicted molar refractivity (Wildman–Crippen MR) is 118 cm³/mol. The summed E-state index contributed by atoms with van der Waals surface area (Å²) in [6.45, 7) is 5.92. The van der Waals surface area contributed by atoms with Gasteiger partial charge in [0.15, 0.2) is 11.6 Å². The van der Waals surface area contributed by atoms with E-state index in [4.69, 9.17) is 4.74 Å². The summed E-state index contributed by atoms with van der Waals surface area (Å²) >= 11 is 0. The van der Waals surface area contributed by atoms with Crippen molar-refractivity contribution in [3.05, 3.63) is 46.6 Å². The van der Waals surface area contributed by atoms with Crippen molar-refractivity contribution in [3.8, 4) is 11.5 Å². The monoisotopic (exact) mass is 428 g/mol. The number of phenols is 2. The van der Waals surface area contributed by atoms with E-state index in [0.717, 1.165) is 43.4 Å². The molecule has 0 bridgehead atoms. The van der Waals surface area contributed by atoms with Gasteiger partial charge in [0.1, 0.15) is 17.6 Å². The van der Waals surface area contributed by atoms with E-state index < -0.39 is 29.4 Å². The minimum atomic E-state index is -0.936. The van der Waals surface area contributed by atoms with Crippen LogP contribution in [0.2, 0.25) is 0 Å². The number of phenolic OH excluding ortho intramolecular Hbond substituents is 2. The van der Waals surface area contributed by atoms with E-state index in [2.05, 4.69) is 6.92 Å². The summed E-state index contributed by atoms with van der Waals surface area (Å²) in [6.07, 6.45) is 8.69. The number of esters is 1. The number of aromatic hydroxyl groups is 2. The van der Waals surface area contributed by atoms with Crippen molar-refractivity contribution in [1.29, 1.82) is 0 Å². The third-order valence-corrected chi connectivity index (χ3v) is 5.28. The number of carbonyl (C=O) groups excluding carboxylic acids is 3. The van der Waals surface area contributed by atoms with Gasteiger partial charge in [0, 0.05) is 18.4 Å². The number of allylic oxidation sites excluding steroid dienone is 2. The third-order valence-electron chi connectivity index (χ3n) is 5.28. The molecule has 0 amide bonds. The molecule has 2 rings (SSSR count). The van der Waals surface area contributed by atoms with Gasteiger partial charge in [0.2, 0.25) is 0 Å². The Labute approximate surface area is 183 Å². The van der Waals surface area contributed by atoms with Gasteiger partial charge in [-0.1, -0.05) is 50.7 Å². The lowest BCUT2D eigenvalue weighted by Crippen LogP contribution is -2.29. The Kier molecular flexibility index (Phi) is 9.03. The van der Waals surface area contributed by atoms with E-state index in [1.165, 1.54) is 12.5 Å². The van der Waals surface area contributed by atoms with E-state index >= 15 is 0 Å². The average Bonchev–Trinajstić information content (AvgIpc) is 2.72. The van der Waals surface area contributed by atoms with Crippen molar-refractivity contribution in [1.82, 2.24) is 0 Å². The highest BCUT2D eigenvalue weighted by Crippen LogP contribution is 2.36. The number of Topliss-reactive ketones (excluding diaryl/α,β-unsaturated/α-hetero) is 1. The van der Waals surface area contributed by atoms with Crippen molar-refractivity contribution in [3.63, 3.8) is 0 Å². The SMILES string of the molecule is CCCCCCCCC(=O)O[C@H](CC=C(C)C)C1=CC(=O)c2c(O)ccc(O)c2C1=O. The van der Waals surface area contributed by atoms with Crippen molar-refractivity contribution in [2.24, 2.45) is 0 Å². The van der Waals surface area contributed by atoms with Gasteiger partial charge in [-0.3, -0.25) is 14.4 Å². The first-order chi connectivity index (χ1) is 14.8. The maximum absolute atomic E-state index is 13.1. The van der Waals surface area contributed by atoms with Crippen LogP contribution >= 0.6 is 0 Å². The number of hydrogen-bond acceptors (Lipinski definition) is 6. The molecule has 0 spiro atoms. The lowest BCUT2D eigenvalue weighted by molar-refractivity contribution is -0.147. The van der Waals surface area contributed by atoms with Gasteiger partial charge in [0.25, 0.3) is 0 Å². The Bertz CT molecular complexity index is 890. The second kappa shape index (κ2) is 11.5. The maximum atomic E-state index is 13.1. The van der Waals surface area contributed by atoms with Crippen molar-refractivity contribution < 1.29 is 29.3 Å². The molecule has 1 atom stereocenters. The number of ketones is 2. The molecule has 1 aromatic rings. The number of unbranched alkanes of at least 4 members (excludes halogenated alkanes) is 5. The molecule has 0 saturated carbocycles. The van der Waals surface area contributed by atoms with E-state index in [1.807, 2.05) is 19.9 Å². The molecule has 31 heavy (non-hydrogen) atoms. The molecule has 0 fully saturated rings. The summed E-state index contributed by atoms with van der Waals surface area (Å²) in [5.41, 5.74) is 0.505. The first-order valence-corrected chi connectivity index (χ1v) is 10.9. The molecule has 0 aliphatic heterocycles. The Balaban J connectivity index is 2.17. The summed E-state index contributed by atoms with van der Waals surface area (Å²) in [7, 11) is 0. The fourth-order valence-corrected chi connectivity index (χ4v) is 3.57. The number of hydrogen-bond donors (Lipinski definition) is 2. The zero-order chi connectivity index (χ0) is 23.0. The van der Waals surface area contributed by atoms with Crippen LogP contribution in [-0.2, 0) is 9.53 Å². The molecule has 6 nitrogen and oxygen atoms in total. The summed E-state index contributed by atoms with van der Waals surface area (Å²) < 4.78 is 5.60. The fraction of sp³-hybridized carbons (Fsp3) is 0.480. The van der Waals surface area contributed by atoms with Gasteiger partial charge in [-0.2, -0.15) is 0 Å². The van der Waals surface area contributed by atoms with Gasteiger partial charge in [-0.15, -0.1) is 0 Å². The van der Waals surface area contributed by atoms with E-state index in [9.17, 15) is 24.6 Å². The van der Waals surface area contributed by atoms with Crippen LogP contribution in [0.1, 0.15) is 92.9 Å². The van der Waals surface area contributed by atoms with E-state index in [-0.39, 0.29) is 35.3 Å². The van der Waals surface area contributed by atoms with Gasteiger partial charge >= 0.3 is 5.97 Å². The van der Waals surface area contributed by atoms with Crippen LogP contribution < -0.4 is 0 Å². The first-order valence-electron chi connectivity index (χ1n) is 10.9. The van der Waals surface area contributed by atoms with Crippen LogP contribution in [0, 0.1) is 0 Å². The highest BCUT2D eigenvalue weighted by Gasteiger charge is 2.35. The van der Waals surface area contributed by atoms with Crippen LogP contribution in [0.3, 0.4) is 0 Å². The van der Waals surface area contributed by atoms with Crippen LogP contribution in [-0.4, -0.2) is 33.9 Å². The highest BCUT2D eigenvalue weighted by atomic mass is 16.5. The maximum Gasteiger partial charge on any atom is 0.306 e. The summed E-state index contributed by atoms with van der Waals surface area (Å²) in [5, 5.41) is 20.1. The molecule has 0 radical (unpaired) electrons. The Morgan fingerprint density at radius 3 is 2.26 bits per heavy atom. The Hall–Kier alpha value is -2.89. The zero-order valence-corrected chi connectivity index (χ0v) is 18.6. The molecule has 0 heterocycles. The fourth-order valence-electron chi connectivity index (χ4n) is 3.57. The molecule has 1 aliphatic rings. The molecule has 168 valence electrons. The predicted octanol–water partition coefficient (Wildman–Crippen LogP) is 5.42. The summed E-state index contributed by atoms with van der Waals surface area (Å²) in [4.78, 5) is 38.1. The van der Waals surface area contributed by atoms with Gasteiger partial charge in [0.05, 0.1) is 11.1 Å². The second-order valence-electron chi connectivity index (χ2n) is 8.16. The van der Waals surface area contributed by atoms with Crippen molar-refractivity contribution in [2.75, 3.05) is 0 Å². The molecule has 6 heteroatoms. The number of carbonyl (C=O) groups is 3. The van der Waals surface area contributed by atoms with E-state index in [1.54, 1.807) is 0 Å². The molecule has 0 unspecified atom stereocenters. The van der Waals surface area contributed by atoms with Gasteiger partial charge < -0.3 is 14.9 Å². The molecule has 2 N–H and O–H groups in total. The topological polar surface area (TPSA) is 101 Å². The van der Waals surface area contributed by atoms with Crippen molar-refractivity contribution >= 4 is 17.5 Å². The third kappa shape index (κ3) is 6.54. The number of benzene rings is 1. The molecule has 0 aromatic heterocycles. The largest absolute Gasteiger partial charge is 0.507 e. The smallest absolute Gasteiger partial charge is 0.306 e. The number of rotatable bonds is 11. The zero-order valence-electron chi connectivity index (χ0n) is 18.6. The van der Waals surface area contributed by atoms with Gasteiger partial charge in [-0.25, -0.2) is 0 Å². The van der Waals surface area contributed by atoms with Crippen LogP contribution in [0.25, 0.3) is 0 Å². The molecule has 1 aromatic carbocycles. The first kappa shape index (κ1) is 24.4. The Morgan fingerprint density at radius 1 is 1.00 bits per heavy atom. The van der Waals surface area contributed by atoms with Crippen LogP contribution in [0.15, 0.2) is 35.4 Å². The number of ether oxygens (including phenoxy) is 1. The van der Waals surface area contributed by atoms with Crippen LogP contribution in [0.4, 0.5) is 0 Å². The summed E-state index contributed by atoms with van der Waals surface area (Å²) in [5.74, 6) is -2.41. The quantitative estimate of drug-likeness (QED) is 0.211. The molecular formula is C25H32O6. The second-order valence-corrected chi connectivity index (χ2v) is 8.16. The lowest BCUT2D eigenvalue weighted by Gasteiger charge is -2.23. The Morgan fingerprint density at radius 2 is 1.61 bits per heavy atom. The standard InChI is InChI=1S/C25H32O6/c1-4-5-6-7-8-9-10-22(29)31-21(14-11-16(2)3)17-15-20(28)23-18(26)12-13-19(27)24(23)25(17)30/h11-13,15,21,26-27H,4-10,14H2,1-3H3/t21-/m1/s1. The molecule has 0 saturated heterocycles. The highest BCUT2D eigenvalue weighted by molar-refractivity contribution is 6.27. The number of fused-ring (bicyclic) bond motifs is 1. The normalized spacial score (nSPS) is 14.0. The van der Waals surface area contributed by atoms with E-state index in [0.29, 0.717) is 6.42 Å². The van der Waals surface area contributed by atoms with Crippen molar-refractivity contribution in [2.45, 2.75) is 78.2 Å². The minimum absolute atomic E-state index is 0.00666.